The number of rotatable bonds is 6. The van der Waals surface area contributed by atoms with Crippen LogP contribution in [0.15, 0.2) is 48.5 Å². The highest BCUT2D eigenvalue weighted by Crippen LogP contribution is 2.29. The van der Waals surface area contributed by atoms with Gasteiger partial charge >= 0.3 is 6.03 Å². The summed E-state index contributed by atoms with van der Waals surface area (Å²) in [7, 11) is 1.57. The lowest BCUT2D eigenvalue weighted by Crippen LogP contribution is -2.44. The lowest BCUT2D eigenvalue weighted by atomic mass is 9.99. The topological polar surface area (TPSA) is 131 Å². The predicted octanol–water partition coefficient (Wildman–Crippen LogP) is 3.66. The first-order chi connectivity index (χ1) is 19.0. The van der Waals surface area contributed by atoms with Gasteiger partial charge in [-0.2, -0.15) is 9.97 Å². The van der Waals surface area contributed by atoms with Crippen LogP contribution in [0, 0.1) is 0 Å². The molecule has 0 spiro atoms. The summed E-state index contributed by atoms with van der Waals surface area (Å²) in [5.41, 5.74) is 2.55. The number of benzene rings is 2. The number of morpholine rings is 1. The fourth-order valence-corrected chi connectivity index (χ4v) is 4.65. The third-order valence-corrected chi connectivity index (χ3v) is 6.88. The van der Waals surface area contributed by atoms with Gasteiger partial charge in [0, 0.05) is 55.2 Å². The summed E-state index contributed by atoms with van der Waals surface area (Å²) in [5.74, 6) is 2.11. The Labute approximate surface area is 227 Å². The number of nitrogens with zero attached hydrogens (tertiary/aromatic N) is 4. The molecule has 0 saturated carbocycles. The monoisotopic (exact) mass is 531 g/mol. The molecule has 3 amide bonds. The van der Waals surface area contributed by atoms with E-state index in [4.69, 9.17) is 24.4 Å². The van der Waals surface area contributed by atoms with Crippen LogP contribution in [0.3, 0.4) is 0 Å². The standard InChI is InChI=1S/C28H33N7O4/c1-18-17-39-16-13-35(18)27-33-24(32-25(34-27)20-11-14-38-15-12-20)19-3-7-22(8-4-19)30-28(37)31-23-9-5-21(6-10-23)26(36)29-2/h3-10,18,20H,11-17H2,1-2H3,(H,29,36)(H2,30,31,37)/t18-/m1/s1. The Kier molecular flexibility index (Phi) is 8.28. The van der Waals surface area contributed by atoms with Crippen LogP contribution in [0.5, 0.6) is 0 Å². The Balaban J connectivity index is 1.31. The third-order valence-electron chi connectivity index (χ3n) is 6.88. The first kappa shape index (κ1) is 26.5. The summed E-state index contributed by atoms with van der Waals surface area (Å²) >= 11 is 0. The summed E-state index contributed by atoms with van der Waals surface area (Å²) in [6.07, 6.45) is 1.77. The molecular formula is C28H33N7O4. The average molecular weight is 532 g/mol. The minimum atomic E-state index is -0.388. The van der Waals surface area contributed by atoms with E-state index < -0.39 is 0 Å². The maximum atomic E-state index is 12.5. The fourth-order valence-electron chi connectivity index (χ4n) is 4.65. The molecule has 0 bridgehead atoms. The number of urea groups is 1. The second-order valence-corrected chi connectivity index (χ2v) is 9.63. The highest BCUT2D eigenvalue weighted by molar-refractivity contribution is 6.00. The van der Waals surface area contributed by atoms with Gasteiger partial charge in [0.25, 0.3) is 5.91 Å². The minimum Gasteiger partial charge on any atom is -0.381 e. The molecule has 11 nitrogen and oxygen atoms in total. The summed E-state index contributed by atoms with van der Waals surface area (Å²) in [5, 5.41) is 8.17. The number of anilines is 3. The van der Waals surface area contributed by atoms with Gasteiger partial charge in [0.1, 0.15) is 5.82 Å². The lowest BCUT2D eigenvalue weighted by Gasteiger charge is -2.34. The Hall–Kier alpha value is -4.09. The zero-order chi connectivity index (χ0) is 27.2. The molecule has 2 aliphatic heterocycles. The molecular weight excluding hydrogens is 498 g/mol. The van der Waals surface area contributed by atoms with E-state index in [1.54, 1.807) is 31.3 Å². The highest BCUT2D eigenvalue weighted by Gasteiger charge is 2.26. The summed E-state index contributed by atoms with van der Waals surface area (Å²) in [4.78, 5) is 41.0. The molecule has 0 unspecified atom stereocenters. The largest absolute Gasteiger partial charge is 0.381 e. The Bertz CT molecular complexity index is 1290. The summed E-state index contributed by atoms with van der Waals surface area (Å²) in [6, 6.07) is 13.9. The fraction of sp³-hybridized carbons (Fsp3) is 0.393. The maximum absolute atomic E-state index is 12.5. The van der Waals surface area contributed by atoms with E-state index in [1.807, 2.05) is 24.3 Å². The zero-order valence-corrected chi connectivity index (χ0v) is 22.1. The molecule has 0 radical (unpaired) electrons. The van der Waals surface area contributed by atoms with E-state index in [1.165, 1.54) is 0 Å². The second-order valence-electron chi connectivity index (χ2n) is 9.63. The van der Waals surface area contributed by atoms with Crippen LogP contribution in [0.2, 0.25) is 0 Å². The number of amides is 3. The van der Waals surface area contributed by atoms with Crippen molar-refractivity contribution in [2.75, 3.05) is 55.6 Å². The van der Waals surface area contributed by atoms with E-state index in [0.717, 1.165) is 30.8 Å². The van der Waals surface area contributed by atoms with E-state index in [2.05, 4.69) is 27.8 Å². The van der Waals surface area contributed by atoms with Crippen molar-refractivity contribution in [1.29, 1.82) is 0 Å². The third kappa shape index (κ3) is 6.50. The van der Waals surface area contributed by atoms with E-state index in [-0.39, 0.29) is 23.9 Å². The smallest absolute Gasteiger partial charge is 0.323 e. The first-order valence-electron chi connectivity index (χ1n) is 13.2. The Morgan fingerprint density at radius 1 is 0.872 bits per heavy atom. The Morgan fingerprint density at radius 3 is 2.18 bits per heavy atom. The SMILES string of the molecule is CNC(=O)c1ccc(NC(=O)Nc2ccc(-c3nc(C4CCOCC4)nc(N4CCOC[C@H]4C)n3)cc2)cc1. The van der Waals surface area contributed by atoms with Crippen molar-refractivity contribution in [3.63, 3.8) is 0 Å². The van der Waals surface area contributed by atoms with Crippen molar-refractivity contribution in [1.82, 2.24) is 20.3 Å². The van der Waals surface area contributed by atoms with Crippen molar-refractivity contribution in [3.05, 3.63) is 59.9 Å². The molecule has 0 aliphatic carbocycles. The number of carbonyl (C=O) groups is 2. The van der Waals surface area contributed by atoms with Crippen molar-refractivity contribution in [3.8, 4) is 11.4 Å². The Morgan fingerprint density at radius 2 is 1.54 bits per heavy atom. The van der Waals surface area contributed by atoms with Crippen molar-refractivity contribution >= 4 is 29.3 Å². The van der Waals surface area contributed by atoms with Crippen LogP contribution >= 0.6 is 0 Å². The summed E-state index contributed by atoms with van der Waals surface area (Å²) in [6.45, 7) is 5.51. The summed E-state index contributed by atoms with van der Waals surface area (Å²) < 4.78 is 11.2. The highest BCUT2D eigenvalue weighted by atomic mass is 16.5. The molecule has 39 heavy (non-hydrogen) atoms. The molecule has 2 fully saturated rings. The molecule has 2 aromatic carbocycles. The van der Waals surface area contributed by atoms with Gasteiger partial charge in [0.15, 0.2) is 5.82 Å². The van der Waals surface area contributed by atoms with Gasteiger partial charge in [0.2, 0.25) is 5.95 Å². The van der Waals surface area contributed by atoms with Gasteiger partial charge in [-0.3, -0.25) is 4.79 Å². The van der Waals surface area contributed by atoms with Crippen LogP contribution in [0.1, 0.15) is 41.9 Å². The molecule has 204 valence electrons. The molecule has 1 aromatic heterocycles. The minimum absolute atomic E-state index is 0.168. The molecule has 3 N–H and O–H groups in total. The van der Waals surface area contributed by atoms with Crippen LogP contribution in [-0.2, 0) is 9.47 Å². The molecule has 3 aromatic rings. The molecule has 11 heteroatoms. The van der Waals surface area contributed by atoms with Gasteiger partial charge in [-0.1, -0.05) is 0 Å². The van der Waals surface area contributed by atoms with Crippen LogP contribution < -0.4 is 20.9 Å². The van der Waals surface area contributed by atoms with Crippen LogP contribution in [0.25, 0.3) is 11.4 Å². The van der Waals surface area contributed by atoms with E-state index in [9.17, 15) is 9.59 Å². The number of aromatic nitrogens is 3. The average Bonchev–Trinajstić information content (AvgIpc) is 2.98. The van der Waals surface area contributed by atoms with E-state index in [0.29, 0.717) is 55.1 Å². The number of nitrogens with one attached hydrogen (secondary N) is 3. The first-order valence-corrected chi connectivity index (χ1v) is 13.2. The van der Waals surface area contributed by atoms with Crippen molar-refractivity contribution in [2.45, 2.75) is 31.7 Å². The molecule has 5 rings (SSSR count). The quantitative estimate of drug-likeness (QED) is 0.439. The van der Waals surface area contributed by atoms with Gasteiger partial charge in [-0.05, 0) is 68.3 Å². The van der Waals surface area contributed by atoms with Crippen molar-refractivity contribution < 1.29 is 19.1 Å². The van der Waals surface area contributed by atoms with Crippen LogP contribution in [0.4, 0.5) is 22.1 Å². The van der Waals surface area contributed by atoms with Gasteiger partial charge in [-0.25, -0.2) is 9.78 Å². The van der Waals surface area contributed by atoms with Crippen LogP contribution in [-0.4, -0.2) is 73.0 Å². The predicted molar refractivity (Wildman–Crippen MR) is 148 cm³/mol. The molecule has 3 heterocycles. The maximum Gasteiger partial charge on any atom is 0.323 e. The molecule has 1 atom stereocenters. The number of hydrogen-bond donors (Lipinski definition) is 3. The zero-order valence-electron chi connectivity index (χ0n) is 22.1. The number of ether oxygens (including phenoxy) is 2. The molecule has 2 saturated heterocycles. The van der Waals surface area contributed by atoms with Gasteiger partial charge in [-0.15, -0.1) is 0 Å². The van der Waals surface area contributed by atoms with E-state index >= 15 is 0 Å². The lowest BCUT2D eigenvalue weighted by molar-refractivity contribution is 0.0834. The number of carbonyl (C=O) groups excluding carboxylic acids is 2. The van der Waals surface area contributed by atoms with Gasteiger partial charge < -0.3 is 30.3 Å². The second kappa shape index (κ2) is 12.2. The van der Waals surface area contributed by atoms with Gasteiger partial charge in [0.05, 0.1) is 19.3 Å². The van der Waals surface area contributed by atoms with Crippen molar-refractivity contribution in [2.24, 2.45) is 0 Å². The molecule has 2 aliphatic rings. The number of hydrogen-bond acceptors (Lipinski definition) is 8. The normalized spacial score (nSPS) is 17.9.